The van der Waals surface area contributed by atoms with Gasteiger partial charge in [-0.15, -0.1) is 0 Å². The van der Waals surface area contributed by atoms with E-state index in [-0.39, 0.29) is 0 Å². The number of rotatable bonds is 3. The van der Waals surface area contributed by atoms with Gasteiger partial charge in [-0.1, -0.05) is 17.7 Å². The Morgan fingerprint density at radius 3 is 2.48 bits per heavy atom. The van der Waals surface area contributed by atoms with Gasteiger partial charge in [-0.05, 0) is 26.0 Å². The molecule has 0 radical (unpaired) electrons. The minimum Gasteiger partial charge on any atom is -0.354 e. The lowest BCUT2D eigenvalue weighted by Crippen LogP contribution is -2.44. The highest BCUT2D eigenvalue weighted by Crippen LogP contribution is 2.20. The number of anilines is 3. The predicted octanol–water partition coefficient (Wildman–Crippen LogP) is 2.25. The van der Waals surface area contributed by atoms with Crippen molar-refractivity contribution in [3.63, 3.8) is 0 Å². The molecular weight excluding hydrogens is 262 g/mol. The molecule has 0 bridgehead atoms. The fraction of sp³-hybridized carbons (Fsp3) is 0.375. The number of aryl methyl sites for hydroxylation is 2. The third-order valence-corrected chi connectivity index (χ3v) is 3.59. The monoisotopic (exact) mass is 283 g/mol. The molecule has 1 saturated heterocycles. The van der Waals surface area contributed by atoms with E-state index in [0.29, 0.717) is 0 Å². The van der Waals surface area contributed by atoms with E-state index in [4.69, 9.17) is 0 Å². The van der Waals surface area contributed by atoms with E-state index in [0.717, 1.165) is 49.3 Å². The van der Waals surface area contributed by atoms with Gasteiger partial charge in [0.1, 0.15) is 17.5 Å². The van der Waals surface area contributed by atoms with Gasteiger partial charge in [0.2, 0.25) is 0 Å². The molecule has 5 heteroatoms. The van der Waals surface area contributed by atoms with E-state index in [1.54, 1.807) is 0 Å². The number of benzene rings is 1. The molecule has 0 aliphatic carbocycles. The molecule has 2 aromatic rings. The van der Waals surface area contributed by atoms with Crippen molar-refractivity contribution in [1.82, 2.24) is 15.3 Å². The molecule has 0 atom stereocenters. The summed E-state index contributed by atoms with van der Waals surface area (Å²) in [5.41, 5.74) is 2.30. The Morgan fingerprint density at radius 2 is 1.76 bits per heavy atom. The van der Waals surface area contributed by atoms with Crippen molar-refractivity contribution in [3.8, 4) is 0 Å². The molecule has 0 unspecified atom stereocenters. The van der Waals surface area contributed by atoms with Crippen LogP contribution in [0, 0.1) is 13.8 Å². The van der Waals surface area contributed by atoms with Crippen LogP contribution in [0.3, 0.4) is 0 Å². The van der Waals surface area contributed by atoms with E-state index >= 15 is 0 Å². The van der Waals surface area contributed by atoms with Gasteiger partial charge in [0.25, 0.3) is 0 Å². The van der Waals surface area contributed by atoms with Crippen LogP contribution < -0.4 is 15.5 Å². The first-order valence-electron chi connectivity index (χ1n) is 7.36. The van der Waals surface area contributed by atoms with Gasteiger partial charge in [-0.3, -0.25) is 0 Å². The number of hydrogen-bond acceptors (Lipinski definition) is 5. The number of nitrogens with one attached hydrogen (secondary N) is 2. The highest BCUT2D eigenvalue weighted by atomic mass is 15.2. The first kappa shape index (κ1) is 13.8. The number of piperazine rings is 1. The summed E-state index contributed by atoms with van der Waals surface area (Å²) in [5, 5.41) is 6.72. The third kappa shape index (κ3) is 3.49. The molecule has 0 amide bonds. The number of hydrogen-bond donors (Lipinski definition) is 2. The van der Waals surface area contributed by atoms with Crippen LogP contribution in [-0.4, -0.2) is 36.1 Å². The molecule has 0 spiro atoms. The summed E-state index contributed by atoms with van der Waals surface area (Å²) in [4.78, 5) is 11.3. The van der Waals surface area contributed by atoms with Crippen LogP contribution in [0.25, 0.3) is 0 Å². The second kappa shape index (κ2) is 6.10. The summed E-state index contributed by atoms with van der Waals surface area (Å²) in [6.07, 6.45) is 0. The first-order chi connectivity index (χ1) is 10.2. The Balaban J connectivity index is 1.81. The van der Waals surface area contributed by atoms with E-state index in [9.17, 15) is 0 Å². The zero-order valence-electron chi connectivity index (χ0n) is 12.6. The average Bonchev–Trinajstić information content (AvgIpc) is 2.50. The van der Waals surface area contributed by atoms with E-state index in [1.165, 1.54) is 5.56 Å². The van der Waals surface area contributed by atoms with Crippen molar-refractivity contribution >= 4 is 17.3 Å². The lowest BCUT2D eigenvalue weighted by molar-refractivity contribution is 0.584. The lowest BCUT2D eigenvalue weighted by atomic mass is 10.2. The van der Waals surface area contributed by atoms with Crippen LogP contribution in [-0.2, 0) is 0 Å². The van der Waals surface area contributed by atoms with Crippen LogP contribution in [0.2, 0.25) is 0 Å². The van der Waals surface area contributed by atoms with Crippen LogP contribution in [0.5, 0.6) is 0 Å². The van der Waals surface area contributed by atoms with Crippen molar-refractivity contribution in [3.05, 3.63) is 41.7 Å². The third-order valence-electron chi connectivity index (χ3n) is 3.59. The van der Waals surface area contributed by atoms with Crippen LogP contribution in [0.4, 0.5) is 17.3 Å². The predicted molar refractivity (Wildman–Crippen MR) is 86.3 cm³/mol. The van der Waals surface area contributed by atoms with Crippen LogP contribution >= 0.6 is 0 Å². The molecule has 1 aromatic heterocycles. The van der Waals surface area contributed by atoms with Crippen LogP contribution in [0.1, 0.15) is 11.4 Å². The van der Waals surface area contributed by atoms with Gasteiger partial charge in [0.05, 0.1) is 0 Å². The van der Waals surface area contributed by atoms with E-state index in [2.05, 4.69) is 56.7 Å². The minimum atomic E-state index is 0.792. The van der Waals surface area contributed by atoms with Crippen molar-refractivity contribution in [2.24, 2.45) is 0 Å². The summed E-state index contributed by atoms with van der Waals surface area (Å²) in [6, 6.07) is 10.3. The molecule has 1 aliphatic rings. The van der Waals surface area contributed by atoms with Crippen molar-refractivity contribution in [2.75, 3.05) is 36.4 Å². The molecule has 3 rings (SSSR count). The number of aromatic nitrogens is 2. The fourth-order valence-corrected chi connectivity index (χ4v) is 2.46. The van der Waals surface area contributed by atoms with Gasteiger partial charge < -0.3 is 15.5 Å². The maximum atomic E-state index is 4.56. The largest absolute Gasteiger partial charge is 0.354 e. The van der Waals surface area contributed by atoms with Gasteiger partial charge in [-0.2, -0.15) is 0 Å². The number of nitrogens with zero attached hydrogens (tertiary/aromatic N) is 3. The van der Waals surface area contributed by atoms with E-state index < -0.39 is 0 Å². The van der Waals surface area contributed by atoms with Gasteiger partial charge in [-0.25, -0.2) is 9.97 Å². The Labute approximate surface area is 125 Å². The molecule has 1 fully saturated rings. The van der Waals surface area contributed by atoms with Gasteiger partial charge in [0.15, 0.2) is 0 Å². The summed E-state index contributed by atoms with van der Waals surface area (Å²) in [5.74, 6) is 2.64. The topological polar surface area (TPSA) is 53.1 Å². The quantitative estimate of drug-likeness (QED) is 0.905. The Hall–Kier alpha value is -2.14. The average molecular weight is 283 g/mol. The van der Waals surface area contributed by atoms with Gasteiger partial charge in [0, 0.05) is 37.9 Å². The second-order valence-electron chi connectivity index (χ2n) is 5.39. The molecular formula is C16H21N5. The summed E-state index contributed by atoms with van der Waals surface area (Å²) in [6.45, 7) is 8.00. The maximum absolute atomic E-state index is 4.56. The van der Waals surface area contributed by atoms with Crippen LogP contribution in [0.15, 0.2) is 30.3 Å². The highest BCUT2D eigenvalue weighted by Gasteiger charge is 2.13. The summed E-state index contributed by atoms with van der Waals surface area (Å²) < 4.78 is 0. The first-order valence-corrected chi connectivity index (χ1v) is 7.36. The normalized spacial score (nSPS) is 15.0. The Bertz CT molecular complexity index is 603. The molecule has 0 saturated carbocycles. The summed E-state index contributed by atoms with van der Waals surface area (Å²) in [7, 11) is 0. The maximum Gasteiger partial charge on any atom is 0.136 e. The zero-order valence-corrected chi connectivity index (χ0v) is 12.6. The molecule has 110 valence electrons. The highest BCUT2D eigenvalue weighted by molar-refractivity contribution is 5.60. The van der Waals surface area contributed by atoms with Crippen molar-refractivity contribution in [2.45, 2.75) is 13.8 Å². The standard InChI is InChI=1S/C16H21N5/c1-12-3-5-14(6-4-12)20-15-11-16(19-13(2)18-15)21-9-7-17-8-10-21/h3-6,11,17H,7-10H2,1-2H3,(H,18,19,20). The lowest BCUT2D eigenvalue weighted by Gasteiger charge is -2.28. The molecule has 1 aromatic carbocycles. The molecule has 2 N–H and O–H groups in total. The minimum absolute atomic E-state index is 0.792. The van der Waals surface area contributed by atoms with Gasteiger partial charge >= 0.3 is 0 Å². The Kier molecular flexibility index (Phi) is 4.01. The fourth-order valence-electron chi connectivity index (χ4n) is 2.46. The SMILES string of the molecule is Cc1ccc(Nc2cc(N3CCNCC3)nc(C)n2)cc1. The smallest absolute Gasteiger partial charge is 0.136 e. The molecule has 5 nitrogen and oxygen atoms in total. The summed E-state index contributed by atoms with van der Waals surface area (Å²) >= 11 is 0. The molecule has 21 heavy (non-hydrogen) atoms. The molecule has 1 aliphatic heterocycles. The zero-order chi connectivity index (χ0) is 14.7. The van der Waals surface area contributed by atoms with Crippen molar-refractivity contribution < 1.29 is 0 Å². The second-order valence-corrected chi connectivity index (χ2v) is 5.39. The van der Waals surface area contributed by atoms with E-state index in [1.807, 2.05) is 13.0 Å². The Morgan fingerprint density at radius 1 is 1.05 bits per heavy atom. The molecule has 2 heterocycles. The van der Waals surface area contributed by atoms with Crippen molar-refractivity contribution in [1.29, 1.82) is 0 Å².